The molecule has 0 aliphatic rings. The van der Waals surface area contributed by atoms with Crippen molar-refractivity contribution in [3.8, 4) is 0 Å². The molecular weight excluding hydrogens is 166 g/mol. The molecule has 0 saturated carbocycles. The molecule has 1 atom stereocenters. The molecule has 3 nitrogen and oxygen atoms in total. The van der Waals surface area contributed by atoms with Crippen LogP contribution in [0.3, 0.4) is 0 Å². The number of ether oxygens (including phenoxy) is 1. The summed E-state index contributed by atoms with van der Waals surface area (Å²) in [7, 11) is 1.37. The second kappa shape index (κ2) is 6.43. The number of methoxy groups -OCH3 is 1. The highest BCUT2D eigenvalue weighted by Gasteiger charge is 2.12. The summed E-state index contributed by atoms with van der Waals surface area (Å²) < 4.78 is 4.45. The Hall–Kier alpha value is -0.280. The Labute approximate surface area is 73.7 Å². The Bertz CT molecular complexity index is 117. The summed E-state index contributed by atoms with van der Waals surface area (Å²) in [6.45, 7) is 3.96. The first-order valence-corrected chi connectivity index (χ1v) is 3.40. The van der Waals surface area contributed by atoms with Gasteiger partial charge in [0.25, 0.3) is 0 Å². The number of hydrogen-bond acceptors (Lipinski definition) is 3. The van der Waals surface area contributed by atoms with Gasteiger partial charge in [-0.15, -0.1) is 12.4 Å². The number of rotatable bonds is 3. The zero-order valence-corrected chi connectivity index (χ0v) is 7.98. The second-order valence-corrected chi connectivity index (χ2v) is 2.69. The van der Waals surface area contributed by atoms with Crippen LogP contribution in [0.1, 0.15) is 20.3 Å². The summed E-state index contributed by atoms with van der Waals surface area (Å²) in [5.74, 6) is 0.0975. The molecule has 4 heteroatoms. The summed E-state index contributed by atoms with van der Waals surface area (Å²) in [5.41, 5.74) is 5.59. The monoisotopic (exact) mass is 181 g/mol. The fourth-order valence-electron chi connectivity index (χ4n) is 0.511. The number of carbonyl (C=O) groups is 1. The number of esters is 1. The van der Waals surface area contributed by atoms with Crippen molar-refractivity contribution < 1.29 is 9.53 Å². The minimum Gasteiger partial charge on any atom is -0.469 e. The fraction of sp³-hybridized carbons (Fsp3) is 0.857. The lowest BCUT2D eigenvalue weighted by molar-refractivity contribution is -0.141. The zero-order valence-electron chi connectivity index (χ0n) is 7.16. The summed E-state index contributed by atoms with van der Waals surface area (Å²) in [6, 6.07) is -0.0764. The van der Waals surface area contributed by atoms with Crippen LogP contribution in [-0.4, -0.2) is 19.1 Å². The van der Waals surface area contributed by atoms with Gasteiger partial charge >= 0.3 is 5.97 Å². The topological polar surface area (TPSA) is 52.3 Å². The van der Waals surface area contributed by atoms with E-state index in [1.165, 1.54) is 7.11 Å². The Balaban J connectivity index is 0. The lowest BCUT2D eigenvalue weighted by atomic mass is 10.0. The van der Waals surface area contributed by atoms with Gasteiger partial charge in [0, 0.05) is 6.04 Å². The van der Waals surface area contributed by atoms with Crippen LogP contribution in [-0.2, 0) is 9.53 Å². The van der Waals surface area contributed by atoms with Gasteiger partial charge in [-0.05, 0) is 5.92 Å². The van der Waals surface area contributed by atoms with Crippen molar-refractivity contribution in [2.75, 3.05) is 7.11 Å². The highest BCUT2D eigenvalue weighted by Crippen LogP contribution is 2.02. The molecule has 0 spiro atoms. The molecule has 0 aromatic carbocycles. The molecule has 0 radical (unpaired) electrons. The molecule has 0 aliphatic carbocycles. The summed E-state index contributed by atoms with van der Waals surface area (Å²) in [6.07, 6.45) is 0.314. The van der Waals surface area contributed by atoms with Crippen molar-refractivity contribution in [2.45, 2.75) is 26.3 Å². The number of carbonyl (C=O) groups excluding carboxylic acids is 1. The second-order valence-electron chi connectivity index (χ2n) is 2.69. The third kappa shape index (κ3) is 6.13. The van der Waals surface area contributed by atoms with E-state index < -0.39 is 0 Å². The van der Waals surface area contributed by atoms with Crippen LogP contribution < -0.4 is 5.73 Å². The Morgan fingerprint density at radius 3 is 2.27 bits per heavy atom. The van der Waals surface area contributed by atoms with Crippen LogP contribution in [0.5, 0.6) is 0 Å². The van der Waals surface area contributed by atoms with Gasteiger partial charge < -0.3 is 10.5 Å². The molecule has 2 N–H and O–H groups in total. The molecule has 0 aromatic rings. The van der Waals surface area contributed by atoms with E-state index in [9.17, 15) is 4.79 Å². The first kappa shape index (κ1) is 13.3. The maximum atomic E-state index is 10.6. The van der Waals surface area contributed by atoms with Gasteiger partial charge in [0.1, 0.15) is 0 Å². The van der Waals surface area contributed by atoms with E-state index in [4.69, 9.17) is 5.73 Å². The fourth-order valence-corrected chi connectivity index (χ4v) is 0.511. The number of hydrogen-bond donors (Lipinski definition) is 1. The highest BCUT2D eigenvalue weighted by atomic mass is 35.5. The lowest BCUT2D eigenvalue weighted by Crippen LogP contribution is -2.29. The van der Waals surface area contributed by atoms with Crippen LogP contribution in [0.25, 0.3) is 0 Å². The van der Waals surface area contributed by atoms with Crippen molar-refractivity contribution in [3.05, 3.63) is 0 Å². The van der Waals surface area contributed by atoms with Gasteiger partial charge in [-0.25, -0.2) is 0 Å². The molecule has 0 fully saturated rings. The molecule has 1 unspecified atom stereocenters. The molecule has 68 valence electrons. The minimum absolute atomic E-state index is 0. The Kier molecular flexibility index (Phi) is 7.79. The largest absolute Gasteiger partial charge is 0.469 e. The molecule has 0 aromatic heterocycles. The maximum absolute atomic E-state index is 10.6. The van der Waals surface area contributed by atoms with Crippen LogP contribution in [0, 0.1) is 5.92 Å². The Morgan fingerprint density at radius 1 is 1.55 bits per heavy atom. The molecule has 0 amide bonds. The number of halogens is 1. The summed E-state index contributed by atoms with van der Waals surface area (Å²) in [4.78, 5) is 10.6. The molecule has 0 aliphatic heterocycles. The van der Waals surface area contributed by atoms with E-state index in [0.29, 0.717) is 12.3 Å². The van der Waals surface area contributed by atoms with Crippen molar-refractivity contribution in [1.82, 2.24) is 0 Å². The lowest BCUT2D eigenvalue weighted by Gasteiger charge is -2.12. The van der Waals surface area contributed by atoms with Crippen molar-refractivity contribution in [1.29, 1.82) is 0 Å². The van der Waals surface area contributed by atoms with E-state index >= 15 is 0 Å². The zero-order chi connectivity index (χ0) is 8.15. The predicted molar refractivity (Wildman–Crippen MR) is 46.7 cm³/mol. The van der Waals surface area contributed by atoms with Crippen LogP contribution in [0.15, 0.2) is 0 Å². The van der Waals surface area contributed by atoms with Gasteiger partial charge in [0.05, 0.1) is 13.5 Å². The third-order valence-corrected chi connectivity index (χ3v) is 1.49. The average Bonchev–Trinajstić information content (AvgIpc) is 1.87. The molecule has 0 saturated heterocycles. The maximum Gasteiger partial charge on any atom is 0.307 e. The molecule has 0 heterocycles. The molecule has 0 rings (SSSR count). The SMILES string of the molecule is COC(=O)CC(N)C(C)C.Cl. The van der Waals surface area contributed by atoms with Gasteiger partial charge in [-0.1, -0.05) is 13.8 Å². The predicted octanol–water partition coefficient (Wildman–Crippen LogP) is 0.955. The van der Waals surface area contributed by atoms with Crippen molar-refractivity contribution in [3.63, 3.8) is 0 Å². The Morgan fingerprint density at radius 2 is 2.00 bits per heavy atom. The molecule has 0 bridgehead atoms. The third-order valence-electron chi connectivity index (χ3n) is 1.49. The van der Waals surface area contributed by atoms with E-state index in [2.05, 4.69) is 4.74 Å². The van der Waals surface area contributed by atoms with Crippen LogP contribution >= 0.6 is 12.4 Å². The summed E-state index contributed by atoms with van der Waals surface area (Å²) in [5, 5.41) is 0. The van der Waals surface area contributed by atoms with Gasteiger partial charge in [-0.2, -0.15) is 0 Å². The van der Waals surface area contributed by atoms with Crippen molar-refractivity contribution in [2.24, 2.45) is 11.7 Å². The summed E-state index contributed by atoms with van der Waals surface area (Å²) >= 11 is 0. The standard InChI is InChI=1S/C7H15NO2.ClH/c1-5(2)6(8)4-7(9)10-3;/h5-6H,4,8H2,1-3H3;1H. The van der Waals surface area contributed by atoms with Gasteiger partial charge in [0.2, 0.25) is 0 Å². The normalized spacial score (nSPS) is 12.1. The first-order chi connectivity index (χ1) is 4.57. The van der Waals surface area contributed by atoms with Crippen molar-refractivity contribution >= 4 is 18.4 Å². The van der Waals surface area contributed by atoms with Crippen LogP contribution in [0.4, 0.5) is 0 Å². The quantitative estimate of drug-likeness (QED) is 0.660. The number of nitrogens with two attached hydrogens (primary N) is 1. The smallest absolute Gasteiger partial charge is 0.307 e. The average molecular weight is 182 g/mol. The minimum atomic E-state index is -0.235. The van der Waals surface area contributed by atoms with Gasteiger partial charge in [-0.3, -0.25) is 4.79 Å². The molecular formula is C7H16ClNO2. The first-order valence-electron chi connectivity index (χ1n) is 3.40. The van der Waals surface area contributed by atoms with E-state index in [-0.39, 0.29) is 24.4 Å². The molecule has 11 heavy (non-hydrogen) atoms. The van der Waals surface area contributed by atoms with E-state index in [1.807, 2.05) is 13.8 Å². The van der Waals surface area contributed by atoms with Gasteiger partial charge in [0.15, 0.2) is 0 Å². The van der Waals surface area contributed by atoms with E-state index in [0.717, 1.165) is 0 Å². The van der Waals surface area contributed by atoms with Crippen LogP contribution in [0.2, 0.25) is 0 Å². The van der Waals surface area contributed by atoms with E-state index in [1.54, 1.807) is 0 Å². The highest BCUT2D eigenvalue weighted by molar-refractivity contribution is 5.85.